The first kappa shape index (κ1) is 14.2. The van der Waals surface area contributed by atoms with Crippen LogP contribution < -0.4 is 11.3 Å². The van der Waals surface area contributed by atoms with Crippen molar-refractivity contribution in [3.63, 3.8) is 0 Å². The number of thiophene rings is 1. The molecular formula is C15H12Br2N2S. The summed E-state index contributed by atoms with van der Waals surface area (Å²) >= 11 is 8.87. The summed E-state index contributed by atoms with van der Waals surface area (Å²) in [7, 11) is 0. The van der Waals surface area contributed by atoms with Crippen LogP contribution in [0.4, 0.5) is 0 Å². The molecule has 0 aliphatic rings. The predicted octanol–water partition coefficient (Wildman–Crippen LogP) is 4.98. The van der Waals surface area contributed by atoms with Gasteiger partial charge in [-0.25, -0.2) is 5.43 Å². The van der Waals surface area contributed by atoms with Crippen molar-refractivity contribution < 1.29 is 0 Å². The average Bonchev–Trinajstić information content (AvgIpc) is 2.92. The molecule has 0 aliphatic carbocycles. The first-order valence-electron chi connectivity index (χ1n) is 6.08. The Bertz CT molecular complexity index is 754. The van der Waals surface area contributed by atoms with Crippen LogP contribution in [0.15, 0.2) is 56.8 Å². The molecule has 0 aliphatic heterocycles. The van der Waals surface area contributed by atoms with E-state index in [0.29, 0.717) is 0 Å². The van der Waals surface area contributed by atoms with Crippen molar-refractivity contribution in [3.8, 4) is 0 Å². The van der Waals surface area contributed by atoms with E-state index in [2.05, 4.69) is 73.0 Å². The van der Waals surface area contributed by atoms with Gasteiger partial charge in [-0.15, -0.1) is 11.3 Å². The number of hydrazine groups is 1. The van der Waals surface area contributed by atoms with E-state index in [9.17, 15) is 0 Å². The molecule has 102 valence electrons. The fraction of sp³-hybridized carbons (Fsp3) is 0.0667. The number of rotatable bonds is 3. The van der Waals surface area contributed by atoms with E-state index < -0.39 is 0 Å². The Morgan fingerprint density at radius 1 is 1.05 bits per heavy atom. The summed E-state index contributed by atoms with van der Waals surface area (Å²) in [6.07, 6.45) is 0. The molecule has 3 N–H and O–H groups in total. The lowest BCUT2D eigenvalue weighted by molar-refractivity contribution is 0.639. The minimum atomic E-state index is -0.0516. The third-order valence-corrected chi connectivity index (χ3v) is 5.45. The summed E-state index contributed by atoms with van der Waals surface area (Å²) < 4.78 is 3.34. The molecule has 3 aromatic rings. The normalized spacial score (nSPS) is 12.8. The molecule has 0 spiro atoms. The maximum absolute atomic E-state index is 5.83. The van der Waals surface area contributed by atoms with Crippen LogP contribution in [0, 0.1) is 0 Å². The second-order valence-corrected chi connectivity index (χ2v) is 7.14. The summed E-state index contributed by atoms with van der Waals surface area (Å²) in [5.41, 5.74) is 5.25. The topological polar surface area (TPSA) is 38.0 Å². The molecule has 1 atom stereocenters. The monoisotopic (exact) mass is 410 g/mol. The largest absolute Gasteiger partial charge is 0.271 e. The molecule has 0 saturated heterocycles. The van der Waals surface area contributed by atoms with Crippen LogP contribution in [0.2, 0.25) is 0 Å². The molecule has 0 fully saturated rings. The predicted molar refractivity (Wildman–Crippen MR) is 92.8 cm³/mol. The zero-order chi connectivity index (χ0) is 14.1. The SMILES string of the molecule is NNC(c1cc(Br)ccc1Br)c1cccc2ccsc12. The van der Waals surface area contributed by atoms with Crippen LogP contribution in [0.25, 0.3) is 10.1 Å². The van der Waals surface area contributed by atoms with Gasteiger partial charge in [-0.05, 0) is 46.2 Å². The fourth-order valence-corrected chi connectivity index (χ4v) is 4.13. The highest BCUT2D eigenvalue weighted by atomic mass is 79.9. The van der Waals surface area contributed by atoms with Gasteiger partial charge in [0.05, 0.1) is 6.04 Å². The summed E-state index contributed by atoms with van der Waals surface area (Å²) in [5, 5.41) is 3.36. The van der Waals surface area contributed by atoms with E-state index in [0.717, 1.165) is 14.5 Å². The highest BCUT2D eigenvalue weighted by Gasteiger charge is 2.18. The van der Waals surface area contributed by atoms with Crippen LogP contribution in [0.3, 0.4) is 0 Å². The third kappa shape index (κ3) is 2.56. The van der Waals surface area contributed by atoms with Gasteiger partial charge in [0.25, 0.3) is 0 Å². The molecule has 5 heteroatoms. The van der Waals surface area contributed by atoms with Crippen molar-refractivity contribution in [3.05, 3.63) is 67.9 Å². The van der Waals surface area contributed by atoms with Crippen LogP contribution in [-0.2, 0) is 0 Å². The van der Waals surface area contributed by atoms with Crippen molar-refractivity contribution in [2.75, 3.05) is 0 Å². The van der Waals surface area contributed by atoms with Crippen molar-refractivity contribution in [2.24, 2.45) is 5.84 Å². The number of benzene rings is 2. The Kier molecular flexibility index (Phi) is 4.23. The van der Waals surface area contributed by atoms with Gasteiger partial charge in [-0.2, -0.15) is 0 Å². The highest BCUT2D eigenvalue weighted by molar-refractivity contribution is 9.11. The molecule has 1 heterocycles. The van der Waals surface area contributed by atoms with Crippen molar-refractivity contribution in [1.82, 2.24) is 5.43 Å². The maximum Gasteiger partial charge on any atom is 0.0735 e. The lowest BCUT2D eigenvalue weighted by Gasteiger charge is -2.19. The molecule has 2 aromatic carbocycles. The number of nitrogens with two attached hydrogens (primary N) is 1. The quantitative estimate of drug-likeness (QED) is 0.471. The van der Waals surface area contributed by atoms with Gasteiger partial charge in [0, 0.05) is 13.6 Å². The molecule has 0 amide bonds. The van der Waals surface area contributed by atoms with E-state index in [1.165, 1.54) is 15.6 Å². The molecule has 0 radical (unpaired) electrons. The number of halogens is 2. The minimum Gasteiger partial charge on any atom is -0.271 e. The van der Waals surface area contributed by atoms with Crippen molar-refractivity contribution in [1.29, 1.82) is 0 Å². The van der Waals surface area contributed by atoms with Crippen LogP contribution in [0.5, 0.6) is 0 Å². The number of nitrogens with one attached hydrogen (secondary N) is 1. The average molecular weight is 412 g/mol. The molecule has 3 rings (SSSR count). The Balaban J connectivity index is 2.19. The van der Waals surface area contributed by atoms with Crippen LogP contribution >= 0.6 is 43.2 Å². The second kappa shape index (κ2) is 5.95. The second-order valence-electron chi connectivity index (χ2n) is 4.45. The zero-order valence-electron chi connectivity index (χ0n) is 10.4. The molecule has 20 heavy (non-hydrogen) atoms. The molecule has 1 unspecified atom stereocenters. The molecule has 0 bridgehead atoms. The van der Waals surface area contributed by atoms with Gasteiger partial charge in [0.15, 0.2) is 0 Å². The van der Waals surface area contributed by atoms with Gasteiger partial charge >= 0.3 is 0 Å². The van der Waals surface area contributed by atoms with Crippen molar-refractivity contribution >= 4 is 53.3 Å². The lowest BCUT2D eigenvalue weighted by atomic mass is 9.98. The Labute approximate surface area is 138 Å². The maximum atomic E-state index is 5.83. The van der Waals surface area contributed by atoms with E-state index in [1.807, 2.05) is 12.1 Å². The zero-order valence-corrected chi connectivity index (χ0v) is 14.4. The Morgan fingerprint density at radius 2 is 1.90 bits per heavy atom. The molecular weight excluding hydrogens is 400 g/mol. The first-order valence-corrected chi connectivity index (χ1v) is 8.54. The summed E-state index contributed by atoms with van der Waals surface area (Å²) in [6.45, 7) is 0. The van der Waals surface area contributed by atoms with Gasteiger partial charge < -0.3 is 0 Å². The summed E-state index contributed by atoms with van der Waals surface area (Å²) in [5.74, 6) is 5.83. The Morgan fingerprint density at radius 3 is 2.70 bits per heavy atom. The smallest absolute Gasteiger partial charge is 0.0735 e. The first-order chi connectivity index (χ1) is 9.70. The number of hydrogen-bond acceptors (Lipinski definition) is 3. The minimum absolute atomic E-state index is 0.0516. The molecule has 1 aromatic heterocycles. The fourth-order valence-electron chi connectivity index (χ4n) is 2.33. The third-order valence-electron chi connectivity index (χ3n) is 3.26. The highest BCUT2D eigenvalue weighted by Crippen LogP contribution is 2.35. The van der Waals surface area contributed by atoms with Crippen LogP contribution in [-0.4, -0.2) is 0 Å². The van der Waals surface area contributed by atoms with E-state index >= 15 is 0 Å². The summed E-state index contributed by atoms with van der Waals surface area (Å²) in [6, 6.07) is 14.5. The Hall–Kier alpha value is -0.720. The van der Waals surface area contributed by atoms with Crippen molar-refractivity contribution in [2.45, 2.75) is 6.04 Å². The van der Waals surface area contributed by atoms with E-state index in [4.69, 9.17) is 5.84 Å². The van der Waals surface area contributed by atoms with Gasteiger partial charge in [0.2, 0.25) is 0 Å². The van der Waals surface area contributed by atoms with E-state index in [-0.39, 0.29) is 6.04 Å². The van der Waals surface area contributed by atoms with Gasteiger partial charge in [-0.3, -0.25) is 5.84 Å². The molecule has 0 saturated carbocycles. The number of hydrogen-bond donors (Lipinski definition) is 2. The number of fused-ring (bicyclic) bond motifs is 1. The lowest BCUT2D eigenvalue weighted by Crippen LogP contribution is -2.29. The van der Waals surface area contributed by atoms with E-state index in [1.54, 1.807) is 11.3 Å². The summed E-state index contributed by atoms with van der Waals surface area (Å²) in [4.78, 5) is 0. The van der Waals surface area contributed by atoms with Crippen LogP contribution in [0.1, 0.15) is 17.2 Å². The van der Waals surface area contributed by atoms with Gasteiger partial charge in [-0.1, -0.05) is 50.1 Å². The van der Waals surface area contributed by atoms with Gasteiger partial charge in [0.1, 0.15) is 0 Å². The standard InChI is InChI=1S/C15H12Br2N2S/c16-10-4-5-13(17)12(8-10)14(19-18)11-3-1-2-9-6-7-20-15(9)11/h1-8,14,19H,18H2. The molecule has 2 nitrogen and oxygen atoms in total.